The summed E-state index contributed by atoms with van der Waals surface area (Å²) in [5, 5.41) is 6.35. The van der Waals surface area contributed by atoms with Crippen LogP contribution in [0.5, 0.6) is 0 Å². The summed E-state index contributed by atoms with van der Waals surface area (Å²) in [4.78, 5) is 20.2. The number of hydrogen-bond donors (Lipinski definition) is 3. The highest BCUT2D eigenvalue weighted by Crippen LogP contribution is 2.20. The average Bonchev–Trinajstić information content (AvgIpc) is 2.88. The van der Waals surface area contributed by atoms with E-state index in [1.165, 1.54) is 0 Å². The Hall–Kier alpha value is -2.70. The minimum Gasteiger partial charge on any atom is -0.366 e. The molecule has 0 fully saturated rings. The summed E-state index contributed by atoms with van der Waals surface area (Å²) in [6.45, 7) is 4.10. The van der Waals surface area contributed by atoms with E-state index < -0.39 is 0 Å². The van der Waals surface area contributed by atoms with Crippen LogP contribution < -0.4 is 10.6 Å². The van der Waals surface area contributed by atoms with Crippen molar-refractivity contribution in [2.75, 3.05) is 10.6 Å². The maximum Gasteiger partial charge on any atom is 0.232 e. The number of rotatable bonds is 4. The van der Waals surface area contributed by atoms with Gasteiger partial charge in [-0.3, -0.25) is 0 Å². The van der Waals surface area contributed by atoms with Crippen molar-refractivity contribution in [2.45, 2.75) is 19.9 Å². The quantitative estimate of drug-likeness (QED) is 0.673. The maximum atomic E-state index is 4.46. The molecule has 0 spiro atoms. The summed E-state index contributed by atoms with van der Waals surface area (Å²) in [6.07, 6.45) is 3.32. The number of fused-ring (bicyclic) bond motifs is 1. The largest absolute Gasteiger partial charge is 0.366 e. The second-order valence-corrected chi connectivity index (χ2v) is 4.64. The van der Waals surface area contributed by atoms with Crippen LogP contribution in [0.15, 0.2) is 30.7 Å². The predicted octanol–water partition coefficient (Wildman–Crippen LogP) is 2.31. The molecular weight excluding hydrogens is 254 g/mol. The highest BCUT2D eigenvalue weighted by Gasteiger charge is 2.11. The van der Waals surface area contributed by atoms with Crippen molar-refractivity contribution >= 4 is 28.7 Å². The van der Waals surface area contributed by atoms with Gasteiger partial charge in [0.25, 0.3) is 0 Å². The topological polar surface area (TPSA) is 91.4 Å². The molecular formula is C13H15N7. The second-order valence-electron chi connectivity index (χ2n) is 4.64. The van der Waals surface area contributed by atoms with Crippen LogP contribution in [0.4, 0.5) is 17.6 Å². The summed E-state index contributed by atoms with van der Waals surface area (Å²) in [6, 6.07) is 5.87. The molecule has 3 N–H and O–H groups in total. The first-order valence-electron chi connectivity index (χ1n) is 6.38. The number of aromatic amines is 1. The summed E-state index contributed by atoms with van der Waals surface area (Å²) >= 11 is 0. The molecule has 0 bridgehead atoms. The van der Waals surface area contributed by atoms with E-state index in [1.807, 2.05) is 18.2 Å². The van der Waals surface area contributed by atoms with E-state index in [1.54, 1.807) is 12.5 Å². The molecule has 0 amide bonds. The van der Waals surface area contributed by atoms with Crippen molar-refractivity contribution in [1.82, 2.24) is 24.9 Å². The Bertz CT molecular complexity index is 705. The van der Waals surface area contributed by atoms with Gasteiger partial charge in [0.15, 0.2) is 11.5 Å². The molecule has 0 aliphatic heterocycles. The second kappa shape index (κ2) is 5.12. The molecule has 0 unspecified atom stereocenters. The van der Waals surface area contributed by atoms with Gasteiger partial charge in [-0.15, -0.1) is 0 Å². The fourth-order valence-corrected chi connectivity index (χ4v) is 1.82. The van der Waals surface area contributed by atoms with Crippen molar-refractivity contribution < 1.29 is 0 Å². The summed E-state index contributed by atoms with van der Waals surface area (Å²) in [5.41, 5.74) is 1.41. The number of aromatic nitrogens is 5. The molecule has 3 heterocycles. The maximum absolute atomic E-state index is 4.46. The third-order valence-corrected chi connectivity index (χ3v) is 2.62. The van der Waals surface area contributed by atoms with Crippen molar-refractivity contribution in [3.63, 3.8) is 0 Å². The fourth-order valence-electron chi connectivity index (χ4n) is 1.82. The van der Waals surface area contributed by atoms with Gasteiger partial charge in [-0.1, -0.05) is 6.07 Å². The van der Waals surface area contributed by atoms with Crippen LogP contribution in [0.25, 0.3) is 11.2 Å². The van der Waals surface area contributed by atoms with Crippen LogP contribution >= 0.6 is 0 Å². The monoisotopic (exact) mass is 269 g/mol. The number of nitrogens with one attached hydrogen (secondary N) is 3. The first-order valence-corrected chi connectivity index (χ1v) is 6.38. The van der Waals surface area contributed by atoms with Crippen LogP contribution in [0, 0.1) is 0 Å². The van der Waals surface area contributed by atoms with Gasteiger partial charge >= 0.3 is 0 Å². The molecule has 20 heavy (non-hydrogen) atoms. The number of pyridine rings is 1. The fraction of sp³-hybridized carbons (Fsp3) is 0.231. The van der Waals surface area contributed by atoms with Crippen LogP contribution in [0.3, 0.4) is 0 Å². The number of hydrogen-bond acceptors (Lipinski definition) is 6. The van der Waals surface area contributed by atoms with Crippen LogP contribution in [0.2, 0.25) is 0 Å². The molecule has 0 radical (unpaired) electrons. The van der Waals surface area contributed by atoms with Crippen LogP contribution in [-0.2, 0) is 0 Å². The highest BCUT2D eigenvalue weighted by atomic mass is 15.2. The SMILES string of the molecule is CC(C)Nc1nc(Nc2ccccn2)nc2nc[nH]c12. The first-order chi connectivity index (χ1) is 9.72. The minimum atomic E-state index is 0.263. The molecule has 0 saturated heterocycles. The lowest BCUT2D eigenvalue weighted by Gasteiger charge is -2.11. The van der Waals surface area contributed by atoms with Crippen LogP contribution in [0.1, 0.15) is 13.8 Å². The predicted molar refractivity (Wildman–Crippen MR) is 78.0 cm³/mol. The number of H-pyrrole nitrogens is 1. The highest BCUT2D eigenvalue weighted by molar-refractivity contribution is 5.84. The van der Waals surface area contributed by atoms with Crippen molar-refractivity contribution in [1.29, 1.82) is 0 Å². The van der Waals surface area contributed by atoms with Gasteiger partial charge in [0.2, 0.25) is 5.95 Å². The third-order valence-electron chi connectivity index (χ3n) is 2.62. The van der Waals surface area contributed by atoms with E-state index in [2.05, 4.69) is 49.4 Å². The van der Waals surface area contributed by atoms with Crippen molar-refractivity contribution in [2.24, 2.45) is 0 Å². The summed E-state index contributed by atoms with van der Waals surface area (Å²) in [5.74, 6) is 1.88. The number of imidazole rings is 1. The van der Waals surface area contributed by atoms with Gasteiger partial charge in [0.1, 0.15) is 11.3 Å². The van der Waals surface area contributed by atoms with Gasteiger partial charge in [-0.05, 0) is 26.0 Å². The summed E-state index contributed by atoms with van der Waals surface area (Å²) < 4.78 is 0. The van der Waals surface area contributed by atoms with E-state index in [-0.39, 0.29) is 6.04 Å². The Morgan fingerprint density at radius 2 is 2.05 bits per heavy atom. The molecule has 3 rings (SSSR count). The van der Waals surface area contributed by atoms with E-state index in [0.29, 0.717) is 17.4 Å². The lowest BCUT2D eigenvalue weighted by atomic mass is 10.4. The Balaban J connectivity index is 1.99. The standard InChI is InChI=1S/C13H15N7/c1-8(2)17-12-10-11(16-7-15-10)19-13(20-12)18-9-5-3-4-6-14-9/h3-8H,1-2H3,(H3,14,15,16,17,18,19,20). The number of anilines is 3. The number of nitrogens with zero attached hydrogens (tertiary/aromatic N) is 4. The van der Waals surface area contributed by atoms with Crippen LogP contribution in [-0.4, -0.2) is 31.0 Å². The normalized spacial score (nSPS) is 10.9. The molecule has 3 aromatic heterocycles. The first kappa shape index (κ1) is 12.3. The summed E-state index contributed by atoms with van der Waals surface area (Å²) in [7, 11) is 0. The molecule has 7 nitrogen and oxygen atoms in total. The molecule has 0 aliphatic rings. The zero-order valence-corrected chi connectivity index (χ0v) is 11.3. The van der Waals surface area contributed by atoms with Gasteiger partial charge in [0, 0.05) is 12.2 Å². The lowest BCUT2D eigenvalue weighted by molar-refractivity contribution is 0.890. The van der Waals surface area contributed by atoms with Gasteiger partial charge in [0.05, 0.1) is 6.33 Å². The van der Waals surface area contributed by atoms with E-state index >= 15 is 0 Å². The Labute approximate surface area is 115 Å². The third kappa shape index (κ3) is 2.51. The van der Waals surface area contributed by atoms with Gasteiger partial charge in [-0.25, -0.2) is 9.97 Å². The lowest BCUT2D eigenvalue weighted by Crippen LogP contribution is -2.13. The molecule has 0 aromatic carbocycles. The smallest absolute Gasteiger partial charge is 0.232 e. The average molecular weight is 269 g/mol. The Morgan fingerprint density at radius 3 is 2.80 bits per heavy atom. The van der Waals surface area contributed by atoms with E-state index in [0.717, 1.165) is 11.3 Å². The zero-order chi connectivity index (χ0) is 13.9. The molecule has 102 valence electrons. The van der Waals surface area contributed by atoms with Crippen molar-refractivity contribution in [3.8, 4) is 0 Å². The molecule has 0 atom stereocenters. The van der Waals surface area contributed by atoms with Crippen molar-refractivity contribution in [3.05, 3.63) is 30.7 Å². The van der Waals surface area contributed by atoms with E-state index in [9.17, 15) is 0 Å². The van der Waals surface area contributed by atoms with E-state index in [4.69, 9.17) is 0 Å². The molecule has 7 heteroatoms. The molecule has 3 aromatic rings. The molecule has 0 saturated carbocycles. The Morgan fingerprint density at radius 1 is 1.15 bits per heavy atom. The van der Waals surface area contributed by atoms with Gasteiger partial charge in [-0.2, -0.15) is 9.97 Å². The zero-order valence-electron chi connectivity index (χ0n) is 11.3. The van der Waals surface area contributed by atoms with Gasteiger partial charge < -0.3 is 15.6 Å². The minimum absolute atomic E-state index is 0.263. The molecule has 0 aliphatic carbocycles. The Kier molecular flexibility index (Phi) is 3.16.